The molecule has 1 aliphatic heterocycles. The Hall–Kier alpha value is -6.33. The molecule has 226 valence electrons. The fraction of sp³-hybridized carbons (Fsp3) is 0.0465. The number of hydrogen-bond acceptors (Lipinski definition) is 5. The topological polar surface area (TPSA) is 55.1 Å². The standard InChI is InChI=1S/C43H28N4O/c1-2-12-28(13-3-1)41-44-42(29-14-10-15-31(25-29)47-37-19-8-6-17-33(37)34-18-7-9-20-38(34)47)46-43(45-41)30-22-23-35-36-24-21-27-11-4-5-16-32(27)40(36)48-39(35)26-30/h1-19,21-26,38H,20H2. The summed E-state index contributed by atoms with van der Waals surface area (Å²) in [6.07, 6.45) is 7.63. The van der Waals surface area contributed by atoms with Crippen LogP contribution in [0.2, 0.25) is 0 Å². The summed E-state index contributed by atoms with van der Waals surface area (Å²) in [5, 5.41) is 4.43. The number of allylic oxidation sites excluding steroid dienone is 2. The third kappa shape index (κ3) is 4.21. The van der Waals surface area contributed by atoms with Gasteiger partial charge in [-0.1, -0.05) is 115 Å². The van der Waals surface area contributed by atoms with Crippen molar-refractivity contribution >= 4 is 49.7 Å². The van der Waals surface area contributed by atoms with Crippen LogP contribution in [0.15, 0.2) is 156 Å². The van der Waals surface area contributed by atoms with E-state index in [0.29, 0.717) is 17.5 Å². The average molecular weight is 617 g/mol. The highest BCUT2D eigenvalue weighted by Crippen LogP contribution is 2.47. The van der Waals surface area contributed by atoms with Gasteiger partial charge in [-0.3, -0.25) is 0 Å². The van der Waals surface area contributed by atoms with Crippen LogP contribution < -0.4 is 4.90 Å². The van der Waals surface area contributed by atoms with E-state index in [4.69, 9.17) is 19.4 Å². The van der Waals surface area contributed by atoms with E-state index in [0.717, 1.165) is 61.5 Å². The first kappa shape index (κ1) is 26.8. The van der Waals surface area contributed by atoms with Crippen LogP contribution in [-0.2, 0) is 0 Å². The minimum Gasteiger partial charge on any atom is -0.455 e. The van der Waals surface area contributed by atoms with Gasteiger partial charge < -0.3 is 9.32 Å². The van der Waals surface area contributed by atoms with Crippen LogP contribution in [0.3, 0.4) is 0 Å². The molecule has 5 heteroatoms. The van der Waals surface area contributed by atoms with E-state index in [9.17, 15) is 0 Å². The van der Waals surface area contributed by atoms with Crippen molar-refractivity contribution in [1.29, 1.82) is 0 Å². The second kappa shape index (κ2) is 10.6. The molecule has 0 N–H and O–H groups in total. The maximum absolute atomic E-state index is 6.52. The van der Waals surface area contributed by atoms with Crippen LogP contribution in [0.1, 0.15) is 12.0 Å². The maximum Gasteiger partial charge on any atom is 0.164 e. The highest BCUT2D eigenvalue weighted by Gasteiger charge is 2.34. The second-order valence-electron chi connectivity index (χ2n) is 12.4. The zero-order valence-electron chi connectivity index (χ0n) is 25.9. The number of rotatable bonds is 4. The molecule has 0 saturated carbocycles. The molecule has 2 aliphatic rings. The van der Waals surface area contributed by atoms with E-state index in [2.05, 4.69) is 126 Å². The lowest BCUT2D eigenvalue weighted by molar-refractivity contribution is 0.673. The summed E-state index contributed by atoms with van der Waals surface area (Å²) in [7, 11) is 0. The van der Waals surface area contributed by atoms with Gasteiger partial charge in [-0.25, -0.2) is 15.0 Å². The first-order valence-electron chi connectivity index (χ1n) is 16.3. The molecule has 6 aromatic carbocycles. The van der Waals surface area contributed by atoms with E-state index in [1.54, 1.807) is 0 Å². The highest BCUT2D eigenvalue weighted by atomic mass is 16.3. The van der Waals surface area contributed by atoms with Gasteiger partial charge in [-0.2, -0.15) is 0 Å². The Morgan fingerprint density at radius 1 is 0.583 bits per heavy atom. The van der Waals surface area contributed by atoms with Crippen molar-refractivity contribution < 1.29 is 4.42 Å². The van der Waals surface area contributed by atoms with Crippen molar-refractivity contribution in [1.82, 2.24) is 15.0 Å². The number of hydrogen-bond donors (Lipinski definition) is 0. The summed E-state index contributed by atoms with van der Waals surface area (Å²) in [5.74, 6) is 1.86. The molecule has 1 atom stereocenters. The number of para-hydroxylation sites is 1. The lowest BCUT2D eigenvalue weighted by Crippen LogP contribution is -2.27. The summed E-state index contributed by atoms with van der Waals surface area (Å²) < 4.78 is 6.52. The van der Waals surface area contributed by atoms with Crippen molar-refractivity contribution in [3.63, 3.8) is 0 Å². The Morgan fingerprint density at radius 3 is 2.21 bits per heavy atom. The zero-order valence-corrected chi connectivity index (χ0v) is 25.9. The number of fused-ring (bicyclic) bond motifs is 8. The largest absolute Gasteiger partial charge is 0.455 e. The predicted octanol–water partition coefficient (Wildman–Crippen LogP) is 10.8. The molecule has 1 unspecified atom stereocenters. The first-order valence-corrected chi connectivity index (χ1v) is 16.3. The summed E-state index contributed by atoms with van der Waals surface area (Å²) >= 11 is 0. The van der Waals surface area contributed by atoms with Crippen LogP contribution in [0.25, 0.3) is 72.4 Å². The van der Waals surface area contributed by atoms with Gasteiger partial charge in [0.25, 0.3) is 0 Å². The van der Waals surface area contributed by atoms with E-state index in [1.165, 1.54) is 16.8 Å². The molecule has 0 spiro atoms. The van der Waals surface area contributed by atoms with Gasteiger partial charge in [0.2, 0.25) is 0 Å². The molecule has 10 rings (SSSR count). The van der Waals surface area contributed by atoms with E-state index >= 15 is 0 Å². The van der Waals surface area contributed by atoms with Crippen molar-refractivity contribution in [3.8, 4) is 34.2 Å². The van der Waals surface area contributed by atoms with Crippen LogP contribution in [0.5, 0.6) is 0 Å². The molecule has 0 amide bonds. The van der Waals surface area contributed by atoms with Crippen molar-refractivity contribution in [2.75, 3.05) is 4.90 Å². The number of nitrogens with zero attached hydrogens (tertiary/aromatic N) is 4. The second-order valence-corrected chi connectivity index (χ2v) is 12.4. The summed E-state index contributed by atoms with van der Waals surface area (Å²) in [5.41, 5.74) is 9.44. The van der Waals surface area contributed by atoms with Gasteiger partial charge in [-0.15, -0.1) is 0 Å². The zero-order chi connectivity index (χ0) is 31.6. The smallest absolute Gasteiger partial charge is 0.164 e. The normalized spacial score (nSPS) is 15.2. The fourth-order valence-corrected chi connectivity index (χ4v) is 7.33. The van der Waals surface area contributed by atoms with E-state index in [-0.39, 0.29) is 6.04 Å². The number of anilines is 2. The van der Waals surface area contributed by atoms with Crippen molar-refractivity contribution in [3.05, 3.63) is 157 Å². The molecular formula is C43H28N4O. The highest BCUT2D eigenvalue weighted by molar-refractivity contribution is 6.15. The van der Waals surface area contributed by atoms with Gasteiger partial charge in [0.05, 0.1) is 6.04 Å². The van der Waals surface area contributed by atoms with Crippen LogP contribution in [0.4, 0.5) is 11.4 Å². The van der Waals surface area contributed by atoms with Gasteiger partial charge in [0.15, 0.2) is 17.5 Å². The van der Waals surface area contributed by atoms with Gasteiger partial charge >= 0.3 is 0 Å². The summed E-state index contributed by atoms with van der Waals surface area (Å²) in [4.78, 5) is 17.6. The molecule has 0 fully saturated rings. The van der Waals surface area contributed by atoms with E-state index < -0.39 is 0 Å². The Bertz CT molecular complexity index is 2620. The Kier molecular flexibility index (Phi) is 5.93. The fourth-order valence-electron chi connectivity index (χ4n) is 7.33. The lowest BCUT2D eigenvalue weighted by atomic mass is 9.96. The summed E-state index contributed by atoms with van der Waals surface area (Å²) in [6.45, 7) is 0. The monoisotopic (exact) mass is 616 g/mol. The summed E-state index contributed by atoms with van der Waals surface area (Å²) in [6, 6.07) is 46.5. The molecule has 2 aromatic heterocycles. The van der Waals surface area contributed by atoms with Crippen LogP contribution >= 0.6 is 0 Å². The van der Waals surface area contributed by atoms with E-state index in [1.807, 2.05) is 30.3 Å². The number of furan rings is 1. The molecule has 1 aliphatic carbocycles. The minimum atomic E-state index is 0.254. The molecule has 0 radical (unpaired) electrons. The predicted molar refractivity (Wildman–Crippen MR) is 195 cm³/mol. The third-order valence-corrected chi connectivity index (χ3v) is 9.59. The van der Waals surface area contributed by atoms with Gasteiger partial charge in [0.1, 0.15) is 11.2 Å². The van der Waals surface area contributed by atoms with Crippen molar-refractivity contribution in [2.24, 2.45) is 0 Å². The molecule has 48 heavy (non-hydrogen) atoms. The minimum absolute atomic E-state index is 0.254. The quantitative estimate of drug-likeness (QED) is 0.197. The third-order valence-electron chi connectivity index (χ3n) is 9.59. The maximum atomic E-state index is 6.52. The molecule has 3 heterocycles. The molecule has 0 bridgehead atoms. The molecule has 8 aromatic rings. The lowest BCUT2D eigenvalue weighted by Gasteiger charge is -2.28. The van der Waals surface area contributed by atoms with Crippen LogP contribution in [-0.4, -0.2) is 21.0 Å². The van der Waals surface area contributed by atoms with Crippen molar-refractivity contribution in [2.45, 2.75) is 12.5 Å². The molecular weight excluding hydrogens is 589 g/mol. The first-order chi connectivity index (χ1) is 23.8. The Labute approximate surface area is 277 Å². The number of aromatic nitrogens is 3. The SMILES string of the molecule is C1=CCC2C(=C1)c1ccccc1N2c1cccc(-c2nc(-c3ccccc3)nc(-c3ccc4c(c3)oc3c5ccccc5ccc43)n2)c1. The Balaban J connectivity index is 1.12. The van der Waals surface area contributed by atoms with Gasteiger partial charge in [0, 0.05) is 49.8 Å². The average Bonchev–Trinajstić information content (AvgIpc) is 3.71. The molecule has 5 nitrogen and oxygen atoms in total. The number of benzene rings is 6. The van der Waals surface area contributed by atoms with Crippen LogP contribution in [0, 0.1) is 0 Å². The Morgan fingerprint density at radius 2 is 1.31 bits per heavy atom. The molecule has 0 saturated heterocycles. The van der Waals surface area contributed by atoms with Gasteiger partial charge in [-0.05, 0) is 53.8 Å².